The highest BCUT2D eigenvalue weighted by atomic mass is 35.5. The van der Waals surface area contributed by atoms with E-state index in [1.165, 1.54) is 53.3 Å². The molecule has 2 aromatic carbocycles. The first kappa shape index (κ1) is 31.8. The fourth-order valence-corrected chi connectivity index (χ4v) is 9.16. The third-order valence-corrected chi connectivity index (χ3v) is 11.2. The normalized spacial score (nSPS) is 25.0. The molecule has 0 unspecified atom stereocenters. The molecule has 43 heavy (non-hydrogen) atoms. The van der Waals surface area contributed by atoms with Crippen molar-refractivity contribution in [2.24, 2.45) is 23.7 Å². The molecule has 4 saturated carbocycles. The number of sulfonamides is 1. The second-order valence-electron chi connectivity index (χ2n) is 13.7. The average Bonchev–Trinajstić information content (AvgIpc) is 2.94. The highest BCUT2D eigenvalue weighted by Crippen LogP contribution is 2.60. The molecule has 4 aliphatic rings. The molecule has 1 N–H and O–H groups in total. The number of hydrogen-bond donors (Lipinski definition) is 1. The largest absolute Gasteiger partial charge is 0.354 e. The van der Waals surface area contributed by atoms with Gasteiger partial charge in [0, 0.05) is 18.1 Å². The Kier molecular flexibility index (Phi) is 9.48. The van der Waals surface area contributed by atoms with Crippen molar-refractivity contribution in [2.75, 3.05) is 23.7 Å². The Labute approximate surface area is 262 Å². The lowest BCUT2D eigenvalue weighted by molar-refractivity contribution is -0.140. The van der Waals surface area contributed by atoms with Gasteiger partial charge >= 0.3 is 0 Å². The summed E-state index contributed by atoms with van der Waals surface area (Å²) in [6, 6.07) is 14.3. The van der Waals surface area contributed by atoms with E-state index in [1.807, 2.05) is 45.0 Å². The predicted molar refractivity (Wildman–Crippen MR) is 172 cm³/mol. The van der Waals surface area contributed by atoms with Crippen LogP contribution >= 0.6 is 11.6 Å². The van der Waals surface area contributed by atoms with Crippen molar-refractivity contribution in [3.63, 3.8) is 0 Å². The van der Waals surface area contributed by atoms with Gasteiger partial charge in [0.15, 0.2) is 0 Å². The first-order chi connectivity index (χ1) is 20.4. The lowest BCUT2D eigenvalue weighted by Crippen LogP contribution is -2.52. The van der Waals surface area contributed by atoms with Crippen LogP contribution in [-0.2, 0) is 31.6 Å². The second kappa shape index (κ2) is 12.8. The van der Waals surface area contributed by atoms with Gasteiger partial charge in [-0.25, -0.2) is 8.42 Å². The average molecular weight is 628 g/mol. The number of carbonyl (C=O) groups is 2. The summed E-state index contributed by atoms with van der Waals surface area (Å²) >= 11 is 6.09. The van der Waals surface area contributed by atoms with E-state index in [-0.39, 0.29) is 23.8 Å². The minimum Gasteiger partial charge on any atom is -0.354 e. The first-order valence-corrected chi connectivity index (χ1v) is 18.0. The van der Waals surface area contributed by atoms with Gasteiger partial charge in [0.2, 0.25) is 21.8 Å². The molecule has 0 aromatic heterocycles. The number of nitrogens with zero attached hydrogens (tertiary/aromatic N) is 2. The highest BCUT2D eigenvalue weighted by molar-refractivity contribution is 7.92. The van der Waals surface area contributed by atoms with Gasteiger partial charge in [-0.2, -0.15) is 0 Å². The van der Waals surface area contributed by atoms with Gasteiger partial charge in [-0.1, -0.05) is 56.6 Å². The fraction of sp³-hybridized carbons (Fsp3) is 0.588. The molecule has 4 aliphatic carbocycles. The lowest BCUT2D eigenvalue weighted by Gasteiger charge is -2.57. The number of hydrogen-bond acceptors (Lipinski definition) is 4. The summed E-state index contributed by atoms with van der Waals surface area (Å²) in [6.45, 7) is 6.14. The van der Waals surface area contributed by atoms with Crippen molar-refractivity contribution in [1.82, 2.24) is 10.2 Å². The molecule has 9 heteroatoms. The van der Waals surface area contributed by atoms with Crippen LogP contribution in [0.4, 0.5) is 5.69 Å². The molecule has 6 rings (SSSR count). The number of rotatable bonds is 12. The summed E-state index contributed by atoms with van der Waals surface area (Å²) in [4.78, 5) is 28.8. The van der Waals surface area contributed by atoms with Crippen molar-refractivity contribution >= 4 is 39.1 Å². The van der Waals surface area contributed by atoms with E-state index < -0.39 is 28.5 Å². The number of carbonyl (C=O) groups excluding carboxylic acids is 2. The van der Waals surface area contributed by atoms with Gasteiger partial charge in [0.05, 0.1) is 11.9 Å². The zero-order valence-corrected chi connectivity index (χ0v) is 27.5. The van der Waals surface area contributed by atoms with Crippen molar-refractivity contribution in [3.05, 3.63) is 64.7 Å². The number of amides is 2. The minimum absolute atomic E-state index is 0.159. The zero-order valence-electron chi connectivity index (χ0n) is 25.9. The lowest BCUT2D eigenvalue weighted by atomic mass is 9.48. The van der Waals surface area contributed by atoms with Crippen LogP contribution in [0.1, 0.15) is 76.8 Å². The van der Waals surface area contributed by atoms with Gasteiger partial charge in [0.1, 0.15) is 12.6 Å². The van der Waals surface area contributed by atoms with Gasteiger partial charge in [-0.05, 0) is 109 Å². The van der Waals surface area contributed by atoms with Gasteiger partial charge in [0.25, 0.3) is 0 Å². The Morgan fingerprint density at radius 3 is 2.00 bits per heavy atom. The third-order valence-electron chi connectivity index (χ3n) is 9.82. The molecule has 2 aromatic rings. The van der Waals surface area contributed by atoms with Crippen LogP contribution in [0.15, 0.2) is 48.5 Å². The Morgan fingerprint density at radius 1 is 0.953 bits per heavy atom. The van der Waals surface area contributed by atoms with E-state index in [0.717, 1.165) is 29.6 Å². The first-order valence-electron chi connectivity index (χ1n) is 15.8. The third kappa shape index (κ3) is 7.22. The second-order valence-corrected chi connectivity index (χ2v) is 16.1. The fourth-order valence-electron chi connectivity index (χ4n) is 8.19. The van der Waals surface area contributed by atoms with Crippen LogP contribution in [0.3, 0.4) is 0 Å². The summed E-state index contributed by atoms with van der Waals surface area (Å²) in [5.74, 6) is 2.01. The Balaban J connectivity index is 1.39. The maximum absolute atomic E-state index is 14.0. The SMILES string of the molecule is CC[C@@H](C(=O)NCC(C)C)N(Cc1ccc(Cl)cc1)C(=O)CN(c1ccc(C23CC4CC(CC(C4)C2)C3)cc1)S(C)(=O)=O. The summed E-state index contributed by atoms with van der Waals surface area (Å²) < 4.78 is 27.4. The number of nitrogens with one attached hydrogen (secondary N) is 1. The van der Waals surface area contributed by atoms with E-state index >= 15 is 0 Å². The van der Waals surface area contributed by atoms with Crippen LogP contribution in [-0.4, -0.2) is 50.5 Å². The Hall–Kier alpha value is -2.58. The van der Waals surface area contributed by atoms with Gasteiger partial charge in [-0.15, -0.1) is 0 Å². The van der Waals surface area contributed by atoms with E-state index in [1.54, 1.807) is 12.1 Å². The summed E-state index contributed by atoms with van der Waals surface area (Å²) in [5, 5.41) is 3.53. The Morgan fingerprint density at radius 2 is 1.51 bits per heavy atom. The van der Waals surface area contributed by atoms with Gasteiger partial charge < -0.3 is 10.2 Å². The number of anilines is 1. The minimum atomic E-state index is -3.79. The van der Waals surface area contributed by atoms with E-state index in [0.29, 0.717) is 23.7 Å². The molecule has 0 spiro atoms. The molecule has 0 aliphatic heterocycles. The molecule has 0 radical (unpaired) electrons. The highest BCUT2D eigenvalue weighted by Gasteiger charge is 2.51. The molecule has 0 heterocycles. The Bertz CT molecular complexity index is 1370. The van der Waals surface area contributed by atoms with E-state index in [9.17, 15) is 18.0 Å². The number of benzene rings is 2. The molecule has 2 amide bonds. The van der Waals surface area contributed by atoms with Crippen LogP contribution in [0.5, 0.6) is 0 Å². The van der Waals surface area contributed by atoms with Crippen molar-refractivity contribution in [1.29, 1.82) is 0 Å². The number of halogens is 1. The summed E-state index contributed by atoms with van der Waals surface area (Å²) in [6.07, 6.45) is 9.29. The van der Waals surface area contributed by atoms with E-state index in [4.69, 9.17) is 11.6 Å². The molecule has 4 bridgehead atoms. The molecule has 234 valence electrons. The van der Waals surface area contributed by atoms with Crippen LogP contribution in [0.2, 0.25) is 5.02 Å². The summed E-state index contributed by atoms with van der Waals surface area (Å²) in [7, 11) is -3.79. The van der Waals surface area contributed by atoms with E-state index in [2.05, 4.69) is 17.4 Å². The van der Waals surface area contributed by atoms with Crippen LogP contribution in [0, 0.1) is 23.7 Å². The molecular formula is C34H46ClN3O4S. The summed E-state index contributed by atoms with van der Waals surface area (Å²) in [5.41, 5.74) is 2.77. The van der Waals surface area contributed by atoms with Crippen LogP contribution in [0.25, 0.3) is 0 Å². The topological polar surface area (TPSA) is 86.8 Å². The zero-order chi connectivity index (χ0) is 30.9. The maximum Gasteiger partial charge on any atom is 0.244 e. The maximum atomic E-state index is 14.0. The van der Waals surface area contributed by atoms with Crippen molar-refractivity contribution < 1.29 is 18.0 Å². The quantitative estimate of drug-likeness (QED) is 0.306. The molecular weight excluding hydrogens is 582 g/mol. The molecule has 4 fully saturated rings. The molecule has 7 nitrogen and oxygen atoms in total. The van der Waals surface area contributed by atoms with Crippen molar-refractivity contribution in [2.45, 2.75) is 83.7 Å². The smallest absolute Gasteiger partial charge is 0.244 e. The van der Waals surface area contributed by atoms with Crippen molar-refractivity contribution in [3.8, 4) is 0 Å². The predicted octanol–water partition coefficient (Wildman–Crippen LogP) is 6.15. The van der Waals surface area contributed by atoms with Gasteiger partial charge in [-0.3, -0.25) is 13.9 Å². The monoisotopic (exact) mass is 627 g/mol. The molecule has 0 saturated heterocycles. The molecule has 1 atom stereocenters. The standard InChI is InChI=1S/C34H46ClN3O4S/c1-5-31(33(40)36-20-23(2)3)37(21-24-6-10-29(35)11-7-24)32(39)22-38(43(4,41)42)30-12-8-28(9-13-30)34-17-25-14-26(18-34)16-27(15-25)19-34/h6-13,23,25-27,31H,5,14-22H2,1-4H3,(H,36,40)/t25?,26?,27?,31-,34?/m0/s1. The van der Waals surface area contributed by atoms with Crippen LogP contribution < -0.4 is 9.62 Å².